The Hall–Kier alpha value is -3.63. The van der Waals surface area contributed by atoms with Gasteiger partial charge in [0.2, 0.25) is 0 Å². The number of hydrogen-bond donors (Lipinski definition) is 1. The Labute approximate surface area is 225 Å². The maximum absolute atomic E-state index is 13.2. The number of methoxy groups -OCH3 is 1. The van der Waals surface area contributed by atoms with Crippen molar-refractivity contribution in [2.24, 2.45) is 4.99 Å². The molecule has 0 aliphatic carbocycles. The number of amides is 1. The molecule has 4 rings (SSSR count). The van der Waals surface area contributed by atoms with E-state index in [0.717, 1.165) is 11.1 Å². The maximum atomic E-state index is 13.2. The van der Waals surface area contributed by atoms with Crippen LogP contribution in [-0.2, 0) is 11.4 Å². The van der Waals surface area contributed by atoms with Gasteiger partial charge in [0, 0.05) is 6.54 Å². The zero-order valence-electron chi connectivity index (χ0n) is 19.9. The lowest BCUT2D eigenvalue weighted by molar-refractivity contribution is -0.122. The van der Waals surface area contributed by atoms with Crippen molar-refractivity contribution in [3.8, 4) is 11.5 Å². The summed E-state index contributed by atoms with van der Waals surface area (Å²) in [5, 5.41) is 9.57. The molecule has 1 heterocycles. The SMILES string of the molecule is CCN1C(=O)/C(=C\c2cc(Br)c(OCc3ccc(C(=O)O)cc3)c(OC)c2)SC1=Nc1ccc(F)cc1. The average molecular weight is 585 g/mol. The summed E-state index contributed by atoms with van der Waals surface area (Å²) in [6, 6.07) is 15.8. The molecule has 0 aromatic heterocycles. The summed E-state index contributed by atoms with van der Waals surface area (Å²) in [7, 11) is 1.52. The van der Waals surface area contributed by atoms with E-state index >= 15 is 0 Å². The fourth-order valence-electron chi connectivity index (χ4n) is 3.51. The van der Waals surface area contributed by atoms with E-state index in [0.29, 0.717) is 38.3 Å². The van der Waals surface area contributed by atoms with E-state index in [1.165, 1.54) is 43.1 Å². The van der Waals surface area contributed by atoms with Crippen LogP contribution in [0.5, 0.6) is 11.5 Å². The molecule has 7 nitrogen and oxygen atoms in total. The number of amidine groups is 1. The first-order chi connectivity index (χ1) is 17.8. The maximum Gasteiger partial charge on any atom is 0.335 e. The Morgan fingerprint density at radius 3 is 2.49 bits per heavy atom. The van der Waals surface area contributed by atoms with Gasteiger partial charge >= 0.3 is 5.97 Å². The molecule has 1 aliphatic rings. The van der Waals surface area contributed by atoms with Gasteiger partial charge in [-0.15, -0.1) is 0 Å². The first kappa shape index (κ1) is 26.4. The quantitative estimate of drug-likeness (QED) is 0.304. The highest BCUT2D eigenvalue weighted by molar-refractivity contribution is 9.10. The van der Waals surface area contributed by atoms with Crippen LogP contribution in [0.2, 0.25) is 0 Å². The minimum Gasteiger partial charge on any atom is -0.493 e. The van der Waals surface area contributed by atoms with Crippen LogP contribution < -0.4 is 9.47 Å². The normalized spacial score (nSPS) is 15.5. The van der Waals surface area contributed by atoms with Crippen LogP contribution in [0, 0.1) is 5.82 Å². The largest absolute Gasteiger partial charge is 0.493 e. The average Bonchev–Trinajstić information content (AvgIpc) is 3.17. The molecular formula is C27H22BrFN2O5S. The fraction of sp³-hybridized carbons (Fsp3) is 0.148. The first-order valence-electron chi connectivity index (χ1n) is 11.2. The number of likely N-dealkylation sites (N-methyl/N-ethyl adjacent to an activating group) is 1. The fourth-order valence-corrected chi connectivity index (χ4v) is 5.15. The monoisotopic (exact) mass is 584 g/mol. The zero-order valence-corrected chi connectivity index (χ0v) is 22.3. The van der Waals surface area contributed by atoms with E-state index in [1.807, 2.05) is 13.0 Å². The van der Waals surface area contributed by atoms with Crippen LogP contribution in [0.25, 0.3) is 6.08 Å². The highest BCUT2D eigenvalue weighted by atomic mass is 79.9. The van der Waals surface area contributed by atoms with Crippen molar-refractivity contribution in [2.75, 3.05) is 13.7 Å². The van der Waals surface area contributed by atoms with Crippen LogP contribution in [0.1, 0.15) is 28.4 Å². The van der Waals surface area contributed by atoms with Gasteiger partial charge in [-0.1, -0.05) is 12.1 Å². The summed E-state index contributed by atoms with van der Waals surface area (Å²) in [6.45, 7) is 2.51. The number of benzene rings is 3. The van der Waals surface area contributed by atoms with Gasteiger partial charge in [-0.3, -0.25) is 9.69 Å². The van der Waals surface area contributed by atoms with Crippen molar-refractivity contribution < 1.29 is 28.6 Å². The van der Waals surface area contributed by atoms with Crippen molar-refractivity contribution in [1.82, 2.24) is 4.90 Å². The number of hydrogen-bond acceptors (Lipinski definition) is 6. The second-order valence-corrected chi connectivity index (χ2v) is 9.72. The molecule has 1 aliphatic heterocycles. The van der Waals surface area contributed by atoms with Crippen LogP contribution in [-0.4, -0.2) is 40.7 Å². The van der Waals surface area contributed by atoms with Gasteiger partial charge in [0.15, 0.2) is 16.7 Å². The van der Waals surface area contributed by atoms with E-state index < -0.39 is 5.97 Å². The Balaban J connectivity index is 1.56. The minimum atomic E-state index is -0.989. The summed E-state index contributed by atoms with van der Waals surface area (Å²) in [5.41, 5.74) is 2.27. The molecule has 37 heavy (non-hydrogen) atoms. The second-order valence-electron chi connectivity index (χ2n) is 7.86. The number of carbonyl (C=O) groups excluding carboxylic acids is 1. The molecule has 0 spiro atoms. The van der Waals surface area contributed by atoms with Gasteiger partial charge in [-0.25, -0.2) is 14.2 Å². The molecule has 1 fully saturated rings. The van der Waals surface area contributed by atoms with Crippen molar-refractivity contribution >= 4 is 56.5 Å². The van der Waals surface area contributed by atoms with Crippen LogP contribution in [0.4, 0.5) is 10.1 Å². The summed E-state index contributed by atoms with van der Waals surface area (Å²) in [5.74, 6) is -0.572. The lowest BCUT2D eigenvalue weighted by Crippen LogP contribution is -2.28. The van der Waals surface area contributed by atoms with E-state index in [4.69, 9.17) is 14.6 Å². The van der Waals surface area contributed by atoms with Gasteiger partial charge in [-0.05, 0) is 100 Å². The molecule has 0 saturated carbocycles. The lowest BCUT2D eigenvalue weighted by Gasteiger charge is -2.14. The van der Waals surface area contributed by atoms with Crippen LogP contribution in [0.15, 0.2) is 75.0 Å². The van der Waals surface area contributed by atoms with Crippen molar-refractivity contribution in [3.05, 3.63) is 92.5 Å². The van der Waals surface area contributed by atoms with Gasteiger partial charge < -0.3 is 14.6 Å². The molecule has 1 amide bonds. The minimum absolute atomic E-state index is 0.173. The molecule has 1 N–H and O–H groups in total. The molecule has 0 unspecified atom stereocenters. The Kier molecular flexibility index (Phi) is 8.30. The number of carboxylic acids is 1. The molecule has 3 aromatic rings. The molecule has 0 bridgehead atoms. The summed E-state index contributed by atoms with van der Waals surface area (Å²) < 4.78 is 25.3. The molecule has 190 valence electrons. The third-order valence-corrected chi connectivity index (χ3v) is 6.98. The smallest absolute Gasteiger partial charge is 0.335 e. The molecule has 0 radical (unpaired) electrons. The Morgan fingerprint density at radius 1 is 1.16 bits per heavy atom. The molecule has 10 heteroatoms. The third kappa shape index (κ3) is 6.20. The number of rotatable bonds is 8. The van der Waals surface area contributed by atoms with Crippen molar-refractivity contribution in [3.63, 3.8) is 0 Å². The summed E-state index contributed by atoms with van der Waals surface area (Å²) in [6.07, 6.45) is 1.75. The molecule has 0 atom stereocenters. The highest BCUT2D eigenvalue weighted by Crippen LogP contribution is 2.40. The van der Waals surface area contributed by atoms with Gasteiger partial charge in [0.05, 0.1) is 27.7 Å². The number of thioether (sulfide) groups is 1. The number of ether oxygens (including phenoxy) is 2. The van der Waals surface area contributed by atoms with E-state index in [-0.39, 0.29) is 23.9 Å². The topological polar surface area (TPSA) is 88.4 Å². The second kappa shape index (κ2) is 11.6. The van der Waals surface area contributed by atoms with Gasteiger partial charge in [-0.2, -0.15) is 0 Å². The number of carbonyl (C=O) groups is 2. The van der Waals surface area contributed by atoms with Crippen molar-refractivity contribution in [2.45, 2.75) is 13.5 Å². The van der Waals surface area contributed by atoms with Crippen molar-refractivity contribution in [1.29, 1.82) is 0 Å². The zero-order chi connectivity index (χ0) is 26.5. The molecule has 3 aromatic carbocycles. The summed E-state index contributed by atoms with van der Waals surface area (Å²) >= 11 is 4.77. The Bertz CT molecular complexity index is 1390. The van der Waals surface area contributed by atoms with Crippen LogP contribution in [0.3, 0.4) is 0 Å². The lowest BCUT2D eigenvalue weighted by atomic mass is 10.1. The first-order valence-corrected chi connectivity index (χ1v) is 12.8. The summed E-state index contributed by atoms with van der Waals surface area (Å²) in [4.78, 5) is 30.6. The van der Waals surface area contributed by atoms with E-state index in [9.17, 15) is 14.0 Å². The highest BCUT2D eigenvalue weighted by Gasteiger charge is 2.32. The van der Waals surface area contributed by atoms with Gasteiger partial charge in [0.25, 0.3) is 5.91 Å². The number of nitrogens with zero attached hydrogens (tertiary/aromatic N) is 2. The number of aliphatic imine (C=N–C) groups is 1. The van der Waals surface area contributed by atoms with E-state index in [1.54, 1.807) is 41.3 Å². The molecular weight excluding hydrogens is 563 g/mol. The third-order valence-electron chi connectivity index (χ3n) is 5.39. The van der Waals surface area contributed by atoms with Crippen LogP contribution >= 0.6 is 27.7 Å². The van der Waals surface area contributed by atoms with Gasteiger partial charge in [0.1, 0.15) is 12.4 Å². The molecule has 1 saturated heterocycles. The standard InChI is InChI=1S/C27H22BrFN2O5S/c1-3-31-25(32)23(37-27(31)30-20-10-8-19(29)9-11-20)14-17-12-21(28)24(22(13-17)35-2)36-15-16-4-6-18(7-5-16)26(33)34/h4-14H,3,15H2,1-2H3,(H,33,34)/b23-14+,30-27?. The number of aromatic carboxylic acids is 1. The number of carboxylic acid groups (broad SMARTS) is 1. The number of halogens is 2. The Morgan fingerprint density at radius 2 is 1.86 bits per heavy atom. The van der Waals surface area contributed by atoms with E-state index in [2.05, 4.69) is 20.9 Å². The predicted octanol–water partition coefficient (Wildman–Crippen LogP) is 6.50. The predicted molar refractivity (Wildman–Crippen MR) is 145 cm³/mol.